The van der Waals surface area contributed by atoms with E-state index >= 15 is 0 Å². The third kappa shape index (κ3) is 4.81. The fraction of sp³-hybridized carbons (Fsp3) is 0.318. The molecule has 2 aromatic carbocycles. The fourth-order valence-corrected chi connectivity index (χ4v) is 4.03. The van der Waals surface area contributed by atoms with E-state index in [4.69, 9.17) is 9.47 Å². The summed E-state index contributed by atoms with van der Waals surface area (Å²) in [6, 6.07) is 12.4. The Hall–Kier alpha value is -2.77. The maximum Gasteiger partial charge on any atom is 0.279 e. The van der Waals surface area contributed by atoms with Crippen molar-refractivity contribution in [2.24, 2.45) is 4.99 Å². The van der Waals surface area contributed by atoms with E-state index in [1.54, 1.807) is 24.3 Å². The van der Waals surface area contributed by atoms with Crippen LogP contribution in [0.25, 0.3) is 10.2 Å². The van der Waals surface area contributed by atoms with Crippen molar-refractivity contribution in [2.45, 2.75) is 27.3 Å². The van der Waals surface area contributed by atoms with Gasteiger partial charge in [-0.05, 0) is 45.0 Å². The lowest BCUT2D eigenvalue weighted by atomic mass is 10.1. The van der Waals surface area contributed by atoms with Gasteiger partial charge in [0.25, 0.3) is 5.91 Å². The van der Waals surface area contributed by atoms with E-state index < -0.39 is 0 Å². The fourth-order valence-electron chi connectivity index (χ4n) is 2.96. The van der Waals surface area contributed by atoms with Gasteiger partial charge in [0.15, 0.2) is 10.6 Å². The molecule has 6 nitrogen and oxygen atoms in total. The lowest BCUT2D eigenvalue weighted by Crippen LogP contribution is -2.20. The molecule has 0 saturated carbocycles. The number of aromatic nitrogens is 1. The molecule has 0 fully saturated rings. The van der Waals surface area contributed by atoms with Crippen molar-refractivity contribution in [2.75, 3.05) is 19.8 Å². The van der Waals surface area contributed by atoms with Crippen LogP contribution in [0.5, 0.6) is 5.75 Å². The average Bonchev–Trinajstić information content (AvgIpc) is 3.06. The molecule has 0 atom stereocenters. The molecule has 0 aliphatic rings. The predicted molar refractivity (Wildman–Crippen MR) is 114 cm³/mol. The number of fused-ring (bicyclic) bond motifs is 1. The molecule has 0 bridgehead atoms. The van der Waals surface area contributed by atoms with Crippen LogP contribution in [0.15, 0.2) is 47.5 Å². The zero-order chi connectivity index (χ0) is 20.8. The van der Waals surface area contributed by atoms with Crippen LogP contribution in [-0.4, -0.2) is 36.1 Å². The second kappa shape index (κ2) is 9.62. The van der Waals surface area contributed by atoms with E-state index in [9.17, 15) is 9.59 Å². The number of ether oxygens (including phenoxy) is 2. The van der Waals surface area contributed by atoms with Crippen molar-refractivity contribution >= 4 is 33.2 Å². The van der Waals surface area contributed by atoms with Crippen LogP contribution >= 0.6 is 11.3 Å². The Kier molecular flexibility index (Phi) is 6.95. The van der Waals surface area contributed by atoms with Gasteiger partial charge in [0.1, 0.15) is 11.3 Å². The third-order valence-electron chi connectivity index (χ3n) is 4.36. The number of rotatable bonds is 8. The maximum absolute atomic E-state index is 12.7. The van der Waals surface area contributed by atoms with E-state index in [1.165, 1.54) is 18.3 Å². The molecule has 7 heteroatoms. The Morgan fingerprint density at radius 3 is 2.41 bits per heavy atom. The highest BCUT2D eigenvalue weighted by Crippen LogP contribution is 2.27. The molecule has 0 spiro atoms. The number of carbonyl (C=O) groups is 2. The molecule has 3 aromatic rings. The monoisotopic (exact) mass is 412 g/mol. The molecule has 0 N–H and O–H groups in total. The minimum absolute atomic E-state index is 0.0392. The first-order valence-electron chi connectivity index (χ1n) is 9.58. The summed E-state index contributed by atoms with van der Waals surface area (Å²) >= 11 is 1.44. The zero-order valence-electron chi connectivity index (χ0n) is 16.8. The van der Waals surface area contributed by atoms with E-state index in [0.717, 1.165) is 16.0 Å². The highest BCUT2D eigenvalue weighted by atomic mass is 32.1. The van der Waals surface area contributed by atoms with Gasteiger partial charge in [-0.3, -0.25) is 9.59 Å². The summed E-state index contributed by atoms with van der Waals surface area (Å²) in [5.41, 5.74) is 1.92. The number of para-hydroxylation sites is 1. The van der Waals surface area contributed by atoms with Crippen molar-refractivity contribution in [3.63, 3.8) is 0 Å². The summed E-state index contributed by atoms with van der Waals surface area (Å²) in [5.74, 6) is 0.370. The summed E-state index contributed by atoms with van der Waals surface area (Å²) in [7, 11) is 0. The molecule has 1 aromatic heterocycles. The Morgan fingerprint density at radius 2 is 1.76 bits per heavy atom. The van der Waals surface area contributed by atoms with Gasteiger partial charge in [0.2, 0.25) is 0 Å². The largest absolute Gasteiger partial charge is 0.492 e. The van der Waals surface area contributed by atoms with Crippen molar-refractivity contribution in [3.05, 3.63) is 58.4 Å². The van der Waals surface area contributed by atoms with Gasteiger partial charge in [-0.2, -0.15) is 4.99 Å². The van der Waals surface area contributed by atoms with E-state index in [0.29, 0.717) is 42.3 Å². The smallest absolute Gasteiger partial charge is 0.279 e. The zero-order valence-corrected chi connectivity index (χ0v) is 17.6. The first kappa shape index (κ1) is 21.0. The first-order chi connectivity index (χ1) is 14.0. The molecule has 0 aliphatic heterocycles. The number of ketones is 1. The Morgan fingerprint density at radius 1 is 1.03 bits per heavy atom. The average molecular weight is 413 g/mol. The van der Waals surface area contributed by atoms with Crippen molar-refractivity contribution < 1.29 is 19.1 Å². The molecule has 0 saturated heterocycles. The Labute approximate surface area is 173 Å². The van der Waals surface area contributed by atoms with Crippen molar-refractivity contribution in [1.29, 1.82) is 0 Å². The third-order valence-corrected chi connectivity index (χ3v) is 5.41. The lowest BCUT2D eigenvalue weighted by molar-refractivity contribution is 0.0990. The summed E-state index contributed by atoms with van der Waals surface area (Å²) in [6.07, 6.45) is 0. The minimum Gasteiger partial charge on any atom is -0.492 e. The van der Waals surface area contributed by atoms with E-state index in [-0.39, 0.29) is 11.7 Å². The molecular formula is C22H24N2O4S. The summed E-state index contributed by atoms with van der Waals surface area (Å²) in [5, 5.41) is 0. The molecule has 29 heavy (non-hydrogen) atoms. The molecular weight excluding hydrogens is 388 g/mol. The van der Waals surface area contributed by atoms with E-state index in [1.807, 2.05) is 36.6 Å². The topological polar surface area (TPSA) is 69.9 Å². The quantitative estimate of drug-likeness (QED) is 0.413. The van der Waals surface area contributed by atoms with Crippen LogP contribution < -0.4 is 9.54 Å². The summed E-state index contributed by atoms with van der Waals surface area (Å²) < 4.78 is 14.3. The number of hydrogen-bond donors (Lipinski definition) is 0. The van der Waals surface area contributed by atoms with Gasteiger partial charge in [-0.25, -0.2) is 0 Å². The standard InChI is InChI=1S/C22H24N2O4S/c1-4-27-14-13-24-20-18(28-5-2)7-6-8-19(20)29-22(24)23-21(26)17-11-9-16(10-12-17)15(3)25/h6-12H,4-5,13-14H2,1-3H3. The number of amides is 1. The van der Waals surface area contributed by atoms with Gasteiger partial charge in [0, 0.05) is 24.3 Å². The second-order valence-electron chi connectivity index (χ2n) is 6.32. The van der Waals surface area contributed by atoms with Gasteiger partial charge in [-0.15, -0.1) is 0 Å². The molecule has 3 rings (SSSR count). The molecule has 0 radical (unpaired) electrons. The highest BCUT2D eigenvalue weighted by Gasteiger charge is 2.13. The first-order valence-corrected chi connectivity index (χ1v) is 10.4. The molecule has 1 heterocycles. The number of carbonyl (C=O) groups excluding carboxylic acids is 2. The molecule has 152 valence electrons. The molecule has 1 amide bonds. The molecule has 0 unspecified atom stereocenters. The van der Waals surface area contributed by atoms with Gasteiger partial charge >= 0.3 is 0 Å². The summed E-state index contributed by atoms with van der Waals surface area (Å²) in [6.45, 7) is 7.63. The van der Waals surface area contributed by atoms with Gasteiger partial charge in [0.05, 0.1) is 17.9 Å². The molecule has 0 aliphatic carbocycles. The van der Waals surface area contributed by atoms with Crippen LogP contribution in [-0.2, 0) is 11.3 Å². The number of thiazole rings is 1. The highest BCUT2D eigenvalue weighted by molar-refractivity contribution is 7.16. The van der Waals surface area contributed by atoms with Crippen LogP contribution in [0.3, 0.4) is 0 Å². The lowest BCUT2D eigenvalue weighted by Gasteiger charge is -2.09. The SMILES string of the molecule is CCOCCn1c(=NC(=O)c2ccc(C(C)=O)cc2)sc2cccc(OCC)c21. The van der Waals surface area contributed by atoms with Crippen molar-refractivity contribution in [1.82, 2.24) is 4.57 Å². The number of Topliss-reactive ketones (excluding diaryl/α,β-unsaturated/α-hetero) is 1. The normalized spacial score (nSPS) is 11.8. The van der Waals surface area contributed by atoms with Gasteiger partial charge < -0.3 is 14.0 Å². The second-order valence-corrected chi connectivity index (χ2v) is 7.33. The van der Waals surface area contributed by atoms with Crippen LogP contribution in [0.1, 0.15) is 41.5 Å². The Bertz CT molecular complexity index is 1080. The van der Waals surface area contributed by atoms with Crippen molar-refractivity contribution in [3.8, 4) is 5.75 Å². The summed E-state index contributed by atoms with van der Waals surface area (Å²) in [4.78, 5) is 29.1. The van der Waals surface area contributed by atoms with Crippen LogP contribution in [0, 0.1) is 0 Å². The Balaban J connectivity index is 2.06. The maximum atomic E-state index is 12.7. The number of benzene rings is 2. The van der Waals surface area contributed by atoms with Crippen LogP contribution in [0.4, 0.5) is 0 Å². The minimum atomic E-state index is -0.352. The predicted octanol–water partition coefficient (Wildman–Crippen LogP) is 4.08. The number of nitrogens with zero attached hydrogens (tertiary/aromatic N) is 2. The number of hydrogen-bond acceptors (Lipinski definition) is 5. The van der Waals surface area contributed by atoms with E-state index in [2.05, 4.69) is 4.99 Å². The van der Waals surface area contributed by atoms with Gasteiger partial charge in [-0.1, -0.05) is 29.5 Å². The van der Waals surface area contributed by atoms with Crippen LogP contribution in [0.2, 0.25) is 0 Å².